The number of anilines is 1. The molecule has 0 spiro atoms. The largest absolute Gasteiger partial charge is 0.325 e. The van der Waals surface area contributed by atoms with Crippen LogP contribution in [0.25, 0.3) is 0 Å². The van der Waals surface area contributed by atoms with Crippen molar-refractivity contribution in [1.82, 2.24) is 5.32 Å². The van der Waals surface area contributed by atoms with Crippen LogP contribution in [0.5, 0.6) is 0 Å². The van der Waals surface area contributed by atoms with Crippen molar-refractivity contribution >= 4 is 34.8 Å². The van der Waals surface area contributed by atoms with Gasteiger partial charge in [-0.05, 0) is 49.4 Å². The summed E-state index contributed by atoms with van der Waals surface area (Å²) in [4.78, 5) is 12.3. The van der Waals surface area contributed by atoms with Crippen LogP contribution in [0.1, 0.15) is 19.3 Å². The Labute approximate surface area is 122 Å². The van der Waals surface area contributed by atoms with Crippen molar-refractivity contribution in [1.29, 1.82) is 0 Å². The molecule has 19 heavy (non-hydrogen) atoms. The fourth-order valence-electron chi connectivity index (χ4n) is 3.32. The molecule has 0 bridgehead atoms. The van der Waals surface area contributed by atoms with Crippen molar-refractivity contribution in [2.24, 2.45) is 11.8 Å². The van der Waals surface area contributed by atoms with E-state index in [1.807, 2.05) is 0 Å². The van der Waals surface area contributed by atoms with E-state index in [1.165, 1.54) is 12.8 Å². The molecule has 2 fully saturated rings. The second-order valence-electron chi connectivity index (χ2n) is 5.39. The second kappa shape index (κ2) is 5.31. The SMILES string of the molecule is O=C(Nc1cc(Cl)cc(Cl)c1)C1NCC2CCCC21. The average Bonchev–Trinajstić information content (AvgIpc) is 2.87. The third-order valence-corrected chi connectivity index (χ3v) is 4.59. The molecule has 1 amide bonds. The number of amides is 1. The number of hydrogen-bond donors (Lipinski definition) is 2. The maximum absolute atomic E-state index is 12.3. The first-order valence-corrected chi connectivity index (χ1v) is 7.39. The van der Waals surface area contributed by atoms with Crippen LogP contribution in [-0.4, -0.2) is 18.5 Å². The molecule has 1 aliphatic heterocycles. The molecule has 1 aliphatic carbocycles. The Morgan fingerprint density at radius 2 is 1.95 bits per heavy atom. The zero-order chi connectivity index (χ0) is 13.4. The average molecular weight is 299 g/mol. The quantitative estimate of drug-likeness (QED) is 0.879. The molecule has 1 saturated heterocycles. The second-order valence-corrected chi connectivity index (χ2v) is 6.26. The molecule has 0 radical (unpaired) electrons. The number of nitrogens with one attached hydrogen (secondary N) is 2. The van der Waals surface area contributed by atoms with Gasteiger partial charge in [0.1, 0.15) is 0 Å². The molecular weight excluding hydrogens is 283 g/mol. The van der Waals surface area contributed by atoms with Gasteiger partial charge in [0, 0.05) is 15.7 Å². The van der Waals surface area contributed by atoms with Crippen LogP contribution in [0.2, 0.25) is 10.0 Å². The van der Waals surface area contributed by atoms with Crippen LogP contribution in [0.4, 0.5) is 5.69 Å². The van der Waals surface area contributed by atoms with Gasteiger partial charge in [-0.1, -0.05) is 29.6 Å². The Balaban J connectivity index is 1.71. The zero-order valence-corrected chi connectivity index (χ0v) is 12.0. The lowest BCUT2D eigenvalue weighted by atomic mass is 9.93. The van der Waals surface area contributed by atoms with Gasteiger partial charge in [0.15, 0.2) is 0 Å². The third kappa shape index (κ3) is 2.73. The normalized spacial score (nSPS) is 29.3. The predicted molar refractivity (Wildman–Crippen MR) is 77.7 cm³/mol. The highest BCUT2D eigenvalue weighted by Crippen LogP contribution is 2.38. The number of hydrogen-bond acceptors (Lipinski definition) is 2. The van der Waals surface area contributed by atoms with Gasteiger partial charge in [-0.15, -0.1) is 0 Å². The van der Waals surface area contributed by atoms with E-state index in [0.29, 0.717) is 27.6 Å². The highest BCUT2D eigenvalue weighted by molar-refractivity contribution is 6.35. The van der Waals surface area contributed by atoms with Gasteiger partial charge in [0.2, 0.25) is 5.91 Å². The van der Waals surface area contributed by atoms with Gasteiger partial charge in [0.25, 0.3) is 0 Å². The minimum Gasteiger partial charge on any atom is -0.325 e. The molecule has 0 aromatic heterocycles. The summed E-state index contributed by atoms with van der Waals surface area (Å²) >= 11 is 11.9. The zero-order valence-electron chi connectivity index (χ0n) is 10.5. The van der Waals surface area contributed by atoms with Crippen LogP contribution in [0.15, 0.2) is 18.2 Å². The summed E-state index contributed by atoms with van der Waals surface area (Å²) in [6, 6.07) is 5.00. The molecule has 1 aromatic carbocycles. The Morgan fingerprint density at radius 3 is 2.68 bits per heavy atom. The monoisotopic (exact) mass is 298 g/mol. The number of halogens is 2. The van der Waals surface area contributed by atoms with Gasteiger partial charge in [-0.2, -0.15) is 0 Å². The maximum Gasteiger partial charge on any atom is 0.241 e. The van der Waals surface area contributed by atoms with E-state index < -0.39 is 0 Å². The first-order valence-electron chi connectivity index (χ1n) is 6.64. The van der Waals surface area contributed by atoms with Gasteiger partial charge in [-0.3, -0.25) is 4.79 Å². The number of carbonyl (C=O) groups excluding carboxylic acids is 1. The first-order chi connectivity index (χ1) is 9.13. The topological polar surface area (TPSA) is 41.1 Å². The van der Waals surface area contributed by atoms with Crippen molar-refractivity contribution in [3.05, 3.63) is 28.2 Å². The van der Waals surface area contributed by atoms with Crippen molar-refractivity contribution in [2.45, 2.75) is 25.3 Å². The van der Waals surface area contributed by atoms with Gasteiger partial charge in [-0.25, -0.2) is 0 Å². The fourth-order valence-corrected chi connectivity index (χ4v) is 3.85. The molecule has 102 valence electrons. The molecule has 3 nitrogen and oxygen atoms in total. The van der Waals surface area contributed by atoms with Gasteiger partial charge in [0.05, 0.1) is 6.04 Å². The predicted octanol–water partition coefficient (Wildman–Crippen LogP) is 3.32. The summed E-state index contributed by atoms with van der Waals surface area (Å²) in [5.74, 6) is 1.17. The van der Waals surface area contributed by atoms with Crippen LogP contribution in [0, 0.1) is 11.8 Å². The Morgan fingerprint density at radius 1 is 1.21 bits per heavy atom. The molecule has 3 rings (SSSR count). The highest BCUT2D eigenvalue weighted by atomic mass is 35.5. The summed E-state index contributed by atoms with van der Waals surface area (Å²) < 4.78 is 0. The van der Waals surface area contributed by atoms with E-state index in [9.17, 15) is 4.79 Å². The molecule has 3 unspecified atom stereocenters. The van der Waals surface area contributed by atoms with E-state index in [1.54, 1.807) is 18.2 Å². The molecule has 5 heteroatoms. The number of carbonyl (C=O) groups is 1. The van der Waals surface area contributed by atoms with Crippen LogP contribution in [0.3, 0.4) is 0 Å². The summed E-state index contributed by atoms with van der Waals surface area (Å²) in [7, 11) is 0. The summed E-state index contributed by atoms with van der Waals surface area (Å²) in [6.07, 6.45) is 3.63. The first kappa shape index (κ1) is 13.2. The van der Waals surface area contributed by atoms with E-state index >= 15 is 0 Å². The Bertz CT molecular complexity index is 486. The smallest absolute Gasteiger partial charge is 0.241 e. The van der Waals surface area contributed by atoms with Crippen molar-refractivity contribution in [3.8, 4) is 0 Å². The van der Waals surface area contributed by atoms with Crippen molar-refractivity contribution < 1.29 is 4.79 Å². The molecule has 2 N–H and O–H groups in total. The standard InChI is InChI=1S/C14H16Cl2N2O/c15-9-4-10(16)6-11(5-9)18-14(19)13-12-3-1-2-8(12)7-17-13/h4-6,8,12-13,17H,1-3,7H2,(H,18,19). The van der Waals surface area contributed by atoms with Crippen LogP contribution in [-0.2, 0) is 4.79 Å². The Kier molecular flexibility index (Phi) is 3.70. The highest BCUT2D eigenvalue weighted by Gasteiger charge is 2.42. The van der Waals surface area contributed by atoms with Crippen molar-refractivity contribution in [2.75, 3.05) is 11.9 Å². The summed E-state index contributed by atoms with van der Waals surface area (Å²) in [5, 5.41) is 7.29. The van der Waals surface area contributed by atoms with E-state index in [4.69, 9.17) is 23.2 Å². The molecule has 1 heterocycles. The number of rotatable bonds is 2. The lowest BCUT2D eigenvalue weighted by molar-refractivity contribution is -0.118. The molecule has 1 saturated carbocycles. The molecule has 2 aliphatic rings. The minimum absolute atomic E-state index is 0.0210. The van der Waals surface area contributed by atoms with Gasteiger partial charge < -0.3 is 10.6 Å². The van der Waals surface area contributed by atoms with Crippen molar-refractivity contribution in [3.63, 3.8) is 0 Å². The lowest BCUT2D eigenvalue weighted by Gasteiger charge is -2.18. The molecular formula is C14H16Cl2N2O. The maximum atomic E-state index is 12.3. The minimum atomic E-state index is -0.0785. The number of fused-ring (bicyclic) bond motifs is 1. The van der Waals surface area contributed by atoms with E-state index in [2.05, 4.69) is 10.6 Å². The van der Waals surface area contributed by atoms with Crippen LogP contribution >= 0.6 is 23.2 Å². The summed E-state index contributed by atoms with van der Waals surface area (Å²) in [6.45, 7) is 0.957. The number of benzene rings is 1. The van der Waals surface area contributed by atoms with Gasteiger partial charge >= 0.3 is 0 Å². The lowest BCUT2D eigenvalue weighted by Crippen LogP contribution is -2.39. The third-order valence-electron chi connectivity index (χ3n) is 4.16. The van der Waals surface area contributed by atoms with Crippen LogP contribution < -0.4 is 10.6 Å². The summed E-state index contributed by atoms with van der Waals surface area (Å²) in [5.41, 5.74) is 0.658. The Hall–Kier alpha value is -0.770. The van der Waals surface area contributed by atoms with E-state index in [0.717, 1.165) is 13.0 Å². The van der Waals surface area contributed by atoms with E-state index in [-0.39, 0.29) is 11.9 Å². The molecule has 1 aromatic rings. The molecule has 3 atom stereocenters. The fraction of sp³-hybridized carbons (Fsp3) is 0.500.